The van der Waals surface area contributed by atoms with Crippen LogP contribution in [0.5, 0.6) is 5.75 Å². The van der Waals surface area contributed by atoms with Gasteiger partial charge in [-0.3, -0.25) is 19.3 Å². The Morgan fingerprint density at radius 1 is 1.11 bits per heavy atom. The van der Waals surface area contributed by atoms with E-state index in [1.807, 2.05) is 24.3 Å². The number of fused-ring (bicyclic) bond motifs is 4. The quantitative estimate of drug-likeness (QED) is 0.456. The lowest BCUT2D eigenvalue weighted by Crippen LogP contribution is -2.66. The molecule has 12 heteroatoms. The molecular formula is C26H21F2N3O6S. The number of methoxy groups -OCH3 is 1. The van der Waals surface area contributed by atoms with Crippen molar-refractivity contribution in [1.82, 2.24) is 9.58 Å². The largest absolute Gasteiger partial charge is 0.513 e. The topological polar surface area (TPSA) is 90.3 Å². The van der Waals surface area contributed by atoms with Crippen LogP contribution in [0.3, 0.4) is 0 Å². The number of ether oxygens (including phenoxy) is 3. The molecule has 1 aromatic heterocycles. The molecule has 0 unspecified atom stereocenters. The van der Waals surface area contributed by atoms with Crippen molar-refractivity contribution in [1.29, 1.82) is 0 Å². The van der Waals surface area contributed by atoms with Crippen molar-refractivity contribution >= 4 is 23.8 Å². The summed E-state index contributed by atoms with van der Waals surface area (Å²) < 4.78 is 46.5. The zero-order chi connectivity index (χ0) is 26.6. The second-order valence-electron chi connectivity index (χ2n) is 8.85. The average Bonchev–Trinajstić information content (AvgIpc) is 3.10. The van der Waals surface area contributed by atoms with Crippen LogP contribution in [0.25, 0.3) is 0 Å². The number of carbonyl (C=O) groups excluding carboxylic acids is 2. The van der Waals surface area contributed by atoms with E-state index < -0.39 is 47.1 Å². The molecule has 9 nitrogen and oxygen atoms in total. The normalized spacial score (nSPS) is 20.0. The van der Waals surface area contributed by atoms with Crippen LogP contribution in [-0.4, -0.2) is 54.7 Å². The van der Waals surface area contributed by atoms with Crippen molar-refractivity contribution in [2.45, 2.75) is 22.9 Å². The van der Waals surface area contributed by atoms with Crippen molar-refractivity contribution in [3.63, 3.8) is 0 Å². The van der Waals surface area contributed by atoms with Crippen LogP contribution in [0.15, 0.2) is 58.4 Å². The number of pyridine rings is 1. The highest BCUT2D eigenvalue weighted by atomic mass is 32.2. The van der Waals surface area contributed by atoms with E-state index in [0.717, 1.165) is 23.6 Å². The highest BCUT2D eigenvalue weighted by molar-refractivity contribution is 7.98. The van der Waals surface area contributed by atoms with Crippen LogP contribution in [-0.2, 0) is 15.2 Å². The Bertz CT molecular complexity index is 1530. The fourth-order valence-electron chi connectivity index (χ4n) is 5.19. The van der Waals surface area contributed by atoms with Crippen molar-refractivity contribution in [3.05, 3.63) is 92.9 Å². The molecule has 0 saturated carbocycles. The second kappa shape index (κ2) is 9.44. The van der Waals surface area contributed by atoms with Crippen molar-refractivity contribution < 1.29 is 32.6 Å². The molecule has 0 radical (unpaired) electrons. The maximum absolute atomic E-state index is 15.2. The number of hydrogen-bond acceptors (Lipinski definition) is 8. The molecule has 0 bridgehead atoms. The van der Waals surface area contributed by atoms with Crippen LogP contribution in [0, 0.1) is 11.6 Å². The molecule has 38 heavy (non-hydrogen) atoms. The molecule has 2 aromatic carbocycles. The van der Waals surface area contributed by atoms with Crippen molar-refractivity contribution in [3.8, 4) is 5.75 Å². The van der Waals surface area contributed by atoms with E-state index in [1.54, 1.807) is 11.1 Å². The predicted octanol–water partition coefficient (Wildman–Crippen LogP) is 3.42. The van der Waals surface area contributed by atoms with Gasteiger partial charge in [-0.1, -0.05) is 24.3 Å². The number of nitrogens with zero attached hydrogens (tertiary/aromatic N) is 3. The first-order valence-corrected chi connectivity index (χ1v) is 12.8. The predicted molar refractivity (Wildman–Crippen MR) is 132 cm³/mol. The first kappa shape index (κ1) is 24.4. The summed E-state index contributed by atoms with van der Waals surface area (Å²) in [4.78, 5) is 40.9. The molecule has 3 aliphatic heterocycles. The Morgan fingerprint density at radius 3 is 2.74 bits per heavy atom. The molecule has 0 spiro atoms. The summed E-state index contributed by atoms with van der Waals surface area (Å²) in [5, 5.41) is 1.79. The molecule has 1 amide bonds. The van der Waals surface area contributed by atoms with Gasteiger partial charge in [0.1, 0.15) is 6.17 Å². The van der Waals surface area contributed by atoms with E-state index in [0.29, 0.717) is 5.56 Å². The highest BCUT2D eigenvalue weighted by Crippen LogP contribution is 2.45. The maximum atomic E-state index is 15.2. The fraction of sp³-hybridized carbons (Fsp3) is 0.269. The van der Waals surface area contributed by atoms with Crippen LogP contribution in [0.2, 0.25) is 0 Å². The van der Waals surface area contributed by atoms with Crippen molar-refractivity contribution in [2.24, 2.45) is 0 Å². The van der Waals surface area contributed by atoms with E-state index in [4.69, 9.17) is 9.47 Å². The molecule has 4 heterocycles. The number of hydrogen-bond donors (Lipinski definition) is 0. The van der Waals surface area contributed by atoms with Gasteiger partial charge in [-0.05, 0) is 23.3 Å². The monoisotopic (exact) mass is 541 g/mol. The number of benzene rings is 2. The summed E-state index contributed by atoms with van der Waals surface area (Å²) in [5.41, 5.74) is 0.625. The third kappa shape index (κ3) is 3.74. The van der Waals surface area contributed by atoms with E-state index in [9.17, 15) is 18.8 Å². The standard InChI is InChI=1S/C26H21F2N3O6S/c1-35-26(34)37-24-18(32)8-9-30-23(24)25(33)29-10-11-36-12-20(29)31(30)22-14-6-7-17(27)21(28)16(14)13-38-19-5-3-2-4-15(19)22/h2-9,20,22H,10-13H2,1H3/t20-,22+/m1/s1. The Kier molecular flexibility index (Phi) is 6.07. The molecule has 3 aliphatic rings. The first-order chi connectivity index (χ1) is 18.4. The lowest BCUT2D eigenvalue weighted by atomic mass is 9.93. The minimum absolute atomic E-state index is 0.120. The van der Waals surface area contributed by atoms with Gasteiger partial charge in [0.2, 0.25) is 11.2 Å². The number of carbonyl (C=O) groups is 2. The van der Waals surface area contributed by atoms with Gasteiger partial charge in [0.25, 0.3) is 5.91 Å². The third-order valence-corrected chi connectivity index (χ3v) is 8.00. The van der Waals surface area contributed by atoms with E-state index in [2.05, 4.69) is 4.74 Å². The fourth-order valence-corrected chi connectivity index (χ4v) is 6.31. The third-order valence-electron chi connectivity index (χ3n) is 6.89. The summed E-state index contributed by atoms with van der Waals surface area (Å²) >= 11 is 1.38. The highest BCUT2D eigenvalue weighted by Gasteiger charge is 2.46. The van der Waals surface area contributed by atoms with Crippen LogP contribution >= 0.6 is 11.8 Å². The minimum Gasteiger partial charge on any atom is -0.437 e. The van der Waals surface area contributed by atoms with Crippen LogP contribution in [0.4, 0.5) is 13.6 Å². The summed E-state index contributed by atoms with van der Waals surface area (Å²) in [5.74, 6) is -2.72. The van der Waals surface area contributed by atoms with Gasteiger partial charge < -0.3 is 19.1 Å². The van der Waals surface area contributed by atoms with Crippen molar-refractivity contribution in [2.75, 3.05) is 31.9 Å². The SMILES string of the molecule is COC(=O)Oc1c2n(ccc1=O)N([C@@H]1c3ccccc3SCc3c1ccc(F)c3F)[C@@H]1COCCN1C2=O. The van der Waals surface area contributed by atoms with E-state index in [-0.39, 0.29) is 36.8 Å². The molecule has 0 aliphatic carbocycles. The zero-order valence-electron chi connectivity index (χ0n) is 20.1. The average molecular weight is 542 g/mol. The number of halogens is 2. The second-order valence-corrected chi connectivity index (χ2v) is 9.87. The van der Waals surface area contributed by atoms with Crippen LogP contribution < -0.4 is 15.2 Å². The van der Waals surface area contributed by atoms with Gasteiger partial charge in [-0.2, -0.15) is 0 Å². The van der Waals surface area contributed by atoms with Gasteiger partial charge in [-0.15, -0.1) is 11.8 Å². The Labute approximate surface area is 219 Å². The van der Waals surface area contributed by atoms with Crippen LogP contribution in [0.1, 0.15) is 33.2 Å². The lowest BCUT2D eigenvalue weighted by Gasteiger charge is -2.51. The number of morpholine rings is 1. The van der Waals surface area contributed by atoms with Gasteiger partial charge in [0, 0.05) is 35.0 Å². The molecule has 6 rings (SSSR count). The number of rotatable bonds is 2. The number of aromatic nitrogens is 1. The Balaban J connectivity index is 1.65. The Morgan fingerprint density at radius 2 is 1.92 bits per heavy atom. The molecule has 3 aromatic rings. The molecule has 1 saturated heterocycles. The summed E-state index contributed by atoms with van der Waals surface area (Å²) in [7, 11) is 1.09. The summed E-state index contributed by atoms with van der Waals surface area (Å²) in [6.45, 7) is 0.581. The number of amides is 1. The molecule has 2 atom stereocenters. The minimum atomic E-state index is -1.15. The van der Waals surface area contributed by atoms with E-state index >= 15 is 4.39 Å². The maximum Gasteiger partial charge on any atom is 0.513 e. The number of thioether (sulfide) groups is 1. The molecular weight excluding hydrogens is 520 g/mol. The van der Waals surface area contributed by atoms with Gasteiger partial charge >= 0.3 is 6.16 Å². The smallest absolute Gasteiger partial charge is 0.437 e. The molecule has 0 N–H and O–H groups in total. The van der Waals surface area contributed by atoms with Gasteiger partial charge in [-0.25, -0.2) is 13.6 Å². The zero-order valence-corrected chi connectivity index (χ0v) is 20.9. The summed E-state index contributed by atoms with van der Waals surface area (Å²) in [6, 6.07) is 10.6. The van der Waals surface area contributed by atoms with Gasteiger partial charge in [0.15, 0.2) is 17.3 Å². The molecule has 196 valence electrons. The summed E-state index contributed by atoms with van der Waals surface area (Å²) in [6.07, 6.45) is -0.413. The molecule has 1 fully saturated rings. The Hall–Kier alpha value is -3.90. The van der Waals surface area contributed by atoms with E-state index in [1.165, 1.54) is 33.6 Å². The lowest BCUT2D eigenvalue weighted by molar-refractivity contribution is -0.0198. The first-order valence-electron chi connectivity index (χ1n) is 11.8. The van der Waals surface area contributed by atoms with Gasteiger partial charge in [0.05, 0.1) is 26.4 Å².